The summed E-state index contributed by atoms with van der Waals surface area (Å²) in [6, 6.07) is 7.72. The van der Waals surface area contributed by atoms with Crippen molar-refractivity contribution in [1.82, 2.24) is 20.0 Å². The Labute approximate surface area is 165 Å². The first kappa shape index (κ1) is 18.7. The number of amides is 2. The van der Waals surface area contributed by atoms with Crippen LogP contribution in [-0.4, -0.2) is 57.5 Å². The number of H-pyrrole nitrogens is 1. The molecule has 1 aliphatic heterocycles. The van der Waals surface area contributed by atoms with Gasteiger partial charge in [0.25, 0.3) is 5.91 Å². The molecule has 6 nitrogen and oxygen atoms in total. The summed E-state index contributed by atoms with van der Waals surface area (Å²) in [5.74, 6) is 1.15. The summed E-state index contributed by atoms with van der Waals surface area (Å²) in [4.78, 5) is 30.0. The van der Waals surface area contributed by atoms with Crippen molar-refractivity contribution in [3.8, 4) is 11.1 Å². The van der Waals surface area contributed by atoms with Gasteiger partial charge in [0.05, 0.1) is 12.2 Å². The smallest absolute Gasteiger partial charge is 0.253 e. The molecule has 1 aromatic heterocycles. The van der Waals surface area contributed by atoms with Crippen LogP contribution in [0.4, 0.5) is 0 Å². The number of carbonyl (C=O) groups is 2. The Morgan fingerprint density at radius 3 is 2.79 bits per heavy atom. The molecule has 0 bridgehead atoms. The second-order valence-electron chi connectivity index (χ2n) is 8.37. The van der Waals surface area contributed by atoms with Gasteiger partial charge < -0.3 is 9.80 Å². The molecule has 6 heteroatoms. The third-order valence-electron chi connectivity index (χ3n) is 5.87. The van der Waals surface area contributed by atoms with E-state index >= 15 is 0 Å². The van der Waals surface area contributed by atoms with Gasteiger partial charge in [-0.1, -0.05) is 26.0 Å². The summed E-state index contributed by atoms with van der Waals surface area (Å²) in [6.45, 7) is 6.22. The molecule has 28 heavy (non-hydrogen) atoms. The fourth-order valence-corrected chi connectivity index (χ4v) is 3.97. The van der Waals surface area contributed by atoms with Crippen molar-refractivity contribution >= 4 is 11.8 Å². The Morgan fingerprint density at radius 2 is 2.11 bits per heavy atom. The van der Waals surface area contributed by atoms with Crippen LogP contribution < -0.4 is 0 Å². The lowest BCUT2D eigenvalue weighted by Gasteiger charge is -2.34. The number of rotatable bonds is 5. The van der Waals surface area contributed by atoms with E-state index in [-0.39, 0.29) is 17.9 Å². The standard InChI is InChI=1S/C22H28N4O2/c1-15(2)20-14-25(9-8-21(27)26(20)13-16-6-7-16)22(28)18-5-3-4-17(10-18)19-11-23-24-12-19/h3-5,10-12,15-16,20H,6-9,13-14H2,1-2H3,(H,23,24). The van der Waals surface area contributed by atoms with Crippen LogP contribution in [-0.2, 0) is 4.79 Å². The van der Waals surface area contributed by atoms with E-state index < -0.39 is 0 Å². The summed E-state index contributed by atoms with van der Waals surface area (Å²) >= 11 is 0. The van der Waals surface area contributed by atoms with Crippen molar-refractivity contribution in [2.75, 3.05) is 19.6 Å². The van der Waals surface area contributed by atoms with Crippen LogP contribution in [0.5, 0.6) is 0 Å². The lowest BCUT2D eigenvalue weighted by molar-refractivity contribution is -0.133. The first-order valence-electron chi connectivity index (χ1n) is 10.2. The van der Waals surface area contributed by atoms with Crippen molar-refractivity contribution in [3.63, 3.8) is 0 Å². The molecule has 1 saturated heterocycles. The van der Waals surface area contributed by atoms with Gasteiger partial charge >= 0.3 is 0 Å². The fourth-order valence-electron chi connectivity index (χ4n) is 3.97. The van der Waals surface area contributed by atoms with Crippen molar-refractivity contribution in [2.45, 2.75) is 39.2 Å². The average Bonchev–Trinajstić information content (AvgIpc) is 3.38. The minimum Gasteiger partial charge on any atom is -0.337 e. The summed E-state index contributed by atoms with van der Waals surface area (Å²) in [7, 11) is 0. The second kappa shape index (κ2) is 7.78. The molecule has 2 aromatic rings. The van der Waals surface area contributed by atoms with E-state index in [1.807, 2.05) is 35.4 Å². The monoisotopic (exact) mass is 380 g/mol. The zero-order valence-corrected chi connectivity index (χ0v) is 16.6. The predicted molar refractivity (Wildman–Crippen MR) is 108 cm³/mol. The number of nitrogens with one attached hydrogen (secondary N) is 1. The minimum absolute atomic E-state index is 0.00272. The van der Waals surface area contributed by atoms with Crippen LogP contribution in [0.3, 0.4) is 0 Å². The van der Waals surface area contributed by atoms with Gasteiger partial charge in [0.2, 0.25) is 5.91 Å². The first-order chi connectivity index (χ1) is 13.5. The highest BCUT2D eigenvalue weighted by Crippen LogP contribution is 2.32. The van der Waals surface area contributed by atoms with Crippen molar-refractivity contribution in [1.29, 1.82) is 0 Å². The Balaban J connectivity index is 1.55. The van der Waals surface area contributed by atoms with Gasteiger partial charge in [-0.2, -0.15) is 5.10 Å². The zero-order valence-electron chi connectivity index (χ0n) is 16.6. The number of hydrogen-bond acceptors (Lipinski definition) is 3. The summed E-state index contributed by atoms with van der Waals surface area (Å²) in [5, 5.41) is 6.80. The van der Waals surface area contributed by atoms with E-state index in [2.05, 4.69) is 28.9 Å². The van der Waals surface area contributed by atoms with Crippen molar-refractivity contribution in [2.24, 2.45) is 11.8 Å². The van der Waals surface area contributed by atoms with E-state index in [4.69, 9.17) is 0 Å². The molecule has 1 atom stereocenters. The van der Waals surface area contributed by atoms with Gasteiger partial charge in [-0.25, -0.2) is 0 Å². The zero-order chi connectivity index (χ0) is 19.7. The van der Waals surface area contributed by atoms with Gasteiger partial charge in [-0.15, -0.1) is 0 Å². The van der Waals surface area contributed by atoms with Gasteiger partial charge in [-0.3, -0.25) is 14.7 Å². The summed E-state index contributed by atoms with van der Waals surface area (Å²) in [6.07, 6.45) is 6.41. The summed E-state index contributed by atoms with van der Waals surface area (Å²) < 4.78 is 0. The number of aromatic nitrogens is 2. The molecule has 148 valence electrons. The molecule has 4 rings (SSSR count). The number of benzene rings is 1. The molecule has 0 radical (unpaired) electrons. The molecule has 1 unspecified atom stereocenters. The minimum atomic E-state index is -0.00272. The quantitative estimate of drug-likeness (QED) is 0.866. The average molecular weight is 380 g/mol. The van der Waals surface area contributed by atoms with Gasteiger partial charge in [0.1, 0.15) is 0 Å². The Kier molecular flexibility index (Phi) is 5.20. The molecular weight excluding hydrogens is 352 g/mol. The van der Waals surface area contributed by atoms with Gasteiger partial charge in [0.15, 0.2) is 0 Å². The highest BCUT2D eigenvalue weighted by molar-refractivity contribution is 5.96. The maximum absolute atomic E-state index is 13.3. The molecule has 2 heterocycles. The van der Waals surface area contributed by atoms with E-state index in [0.717, 1.165) is 17.7 Å². The largest absolute Gasteiger partial charge is 0.337 e. The Morgan fingerprint density at radius 1 is 1.29 bits per heavy atom. The topological polar surface area (TPSA) is 69.3 Å². The molecule has 1 N–H and O–H groups in total. The number of hydrogen-bond donors (Lipinski definition) is 1. The maximum Gasteiger partial charge on any atom is 0.253 e. The van der Waals surface area contributed by atoms with Crippen molar-refractivity contribution in [3.05, 3.63) is 42.2 Å². The lowest BCUT2D eigenvalue weighted by atomic mass is 10.0. The van der Waals surface area contributed by atoms with Gasteiger partial charge in [-0.05, 0) is 42.4 Å². The highest BCUT2D eigenvalue weighted by Gasteiger charge is 2.36. The molecule has 2 fully saturated rings. The van der Waals surface area contributed by atoms with Crippen LogP contribution in [0, 0.1) is 11.8 Å². The number of aromatic amines is 1. The molecule has 2 amide bonds. The Bertz CT molecular complexity index is 842. The molecule has 1 saturated carbocycles. The van der Waals surface area contributed by atoms with Crippen LogP contribution in [0.1, 0.15) is 43.5 Å². The van der Waals surface area contributed by atoms with Crippen molar-refractivity contribution < 1.29 is 9.59 Å². The van der Waals surface area contributed by atoms with E-state index in [1.165, 1.54) is 12.8 Å². The maximum atomic E-state index is 13.3. The van der Waals surface area contributed by atoms with Crippen LogP contribution in [0.15, 0.2) is 36.7 Å². The molecule has 1 aliphatic carbocycles. The third kappa shape index (κ3) is 3.96. The van der Waals surface area contributed by atoms with E-state index in [0.29, 0.717) is 36.9 Å². The van der Waals surface area contributed by atoms with Crippen LogP contribution >= 0.6 is 0 Å². The number of nitrogens with zero attached hydrogens (tertiary/aromatic N) is 3. The highest BCUT2D eigenvalue weighted by atomic mass is 16.2. The van der Waals surface area contributed by atoms with E-state index in [1.54, 1.807) is 6.20 Å². The third-order valence-corrected chi connectivity index (χ3v) is 5.87. The van der Waals surface area contributed by atoms with Crippen LogP contribution in [0.25, 0.3) is 11.1 Å². The molecule has 2 aliphatic rings. The summed E-state index contributed by atoms with van der Waals surface area (Å²) in [5.41, 5.74) is 2.57. The molecule has 1 aromatic carbocycles. The predicted octanol–water partition coefficient (Wildman–Crippen LogP) is 3.19. The number of carbonyl (C=O) groups excluding carboxylic acids is 2. The second-order valence-corrected chi connectivity index (χ2v) is 8.37. The Hall–Kier alpha value is -2.63. The lowest BCUT2D eigenvalue weighted by Crippen LogP contribution is -2.48. The molecule has 0 spiro atoms. The molecular formula is C22H28N4O2. The van der Waals surface area contributed by atoms with Gasteiger partial charge in [0, 0.05) is 43.4 Å². The first-order valence-corrected chi connectivity index (χ1v) is 10.2. The van der Waals surface area contributed by atoms with Crippen LogP contribution in [0.2, 0.25) is 0 Å². The normalized spacial score (nSPS) is 20.5. The SMILES string of the molecule is CC(C)C1CN(C(=O)c2cccc(-c3cn[nH]c3)c2)CCC(=O)N1CC1CC1. The van der Waals surface area contributed by atoms with E-state index in [9.17, 15) is 9.59 Å². The fraction of sp³-hybridized carbons (Fsp3) is 0.500.